The van der Waals surface area contributed by atoms with Crippen molar-refractivity contribution in [2.75, 3.05) is 37.7 Å². The van der Waals surface area contributed by atoms with Crippen molar-refractivity contribution in [2.45, 2.75) is 56.0 Å². The van der Waals surface area contributed by atoms with Crippen LogP contribution in [0.1, 0.15) is 32.1 Å². The third kappa shape index (κ3) is 3.85. The molecule has 4 fully saturated rings. The molecule has 0 aliphatic carbocycles. The SMILES string of the molecule is Fc1c(-c2n[nH]c3cccc(Cl)c23)ncc2c(N3CC4CCC(C3)O4)nc(OC[C@@]34CCCN3C[C@H](F)C4)nc12. The van der Waals surface area contributed by atoms with E-state index in [1.54, 1.807) is 18.3 Å². The predicted octanol–water partition coefficient (Wildman–Crippen LogP) is 4.68. The number of pyridine rings is 1. The van der Waals surface area contributed by atoms with Crippen LogP contribution < -0.4 is 9.64 Å². The number of benzene rings is 1. The molecule has 0 saturated carbocycles. The molecule has 4 aliphatic rings. The number of hydrogen-bond donors (Lipinski definition) is 1. The summed E-state index contributed by atoms with van der Waals surface area (Å²) in [5, 5.41) is 8.78. The number of rotatable bonds is 5. The highest BCUT2D eigenvalue weighted by Crippen LogP contribution is 2.41. The molecule has 8 rings (SSSR count). The zero-order valence-electron chi connectivity index (χ0n) is 21.7. The second-order valence-electron chi connectivity index (χ2n) is 11.5. The van der Waals surface area contributed by atoms with Gasteiger partial charge in [0.2, 0.25) is 0 Å². The van der Waals surface area contributed by atoms with E-state index in [9.17, 15) is 4.39 Å². The van der Waals surface area contributed by atoms with E-state index in [0.29, 0.717) is 58.9 Å². The minimum absolute atomic E-state index is 0.0427. The first-order valence-corrected chi connectivity index (χ1v) is 14.3. The number of halogens is 3. The van der Waals surface area contributed by atoms with Crippen LogP contribution in [0, 0.1) is 5.82 Å². The summed E-state index contributed by atoms with van der Waals surface area (Å²) >= 11 is 6.46. The van der Waals surface area contributed by atoms with Crippen LogP contribution in [0.4, 0.5) is 14.6 Å². The zero-order chi connectivity index (χ0) is 27.0. The van der Waals surface area contributed by atoms with Crippen molar-refractivity contribution < 1.29 is 18.3 Å². The van der Waals surface area contributed by atoms with Crippen molar-refractivity contribution >= 4 is 39.2 Å². The summed E-state index contributed by atoms with van der Waals surface area (Å²) in [4.78, 5) is 18.1. The molecule has 2 bridgehead atoms. The van der Waals surface area contributed by atoms with Gasteiger partial charge in [-0.25, -0.2) is 8.78 Å². The van der Waals surface area contributed by atoms with Crippen LogP contribution in [0.2, 0.25) is 5.02 Å². The lowest BCUT2D eigenvalue weighted by Gasteiger charge is -2.34. The summed E-state index contributed by atoms with van der Waals surface area (Å²) in [6, 6.07) is 5.44. The summed E-state index contributed by atoms with van der Waals surface area (Å²) < 4.78 is 43.0. The first-order chi connectivity index (χ1) is 19.5. The van der Waals surface area contributed by atoms with Crippen LogP contribution in [-0.4, -0.2) is 86.8 Å². The maximum atomic E-state index is 16.4. The van der Waals surface area contributed by atoms with Crippen molar-refractivity contribution in [3.05, 3.63) is 35.2 Å². The van der Waals surface area contributed by atoms with Gasteiger partial charge in [-0.2, -0.15) is 15.1 Å². The molecule has 4 saturated heterocycles. The molecule has 9 nitrogen and oxygen atoms in total. The number of hydrogen-bond acceptors (Lipinski definition) is 8. The smallest absolute Gasteiger partial charge is 0.319 e. The lowest BCUT2D eigenvalue weighted by molar-refractivity contribution is 0.0302. The number of ether oxygens (including phenoxy) is 2. The number of nitrogens with one attached hydrogen (secondary N) is 1. The molecule has 208 valence electrons. The summed E-state index contributed by atoms with van der Waals surface area (Å²) in [6.45, 7) is 2.83. The normalized spacial score (nSPS) is 28.2. The maximum Gasteiger partial charge on any atom is 0.319 e. The first-order valence-electron chi connectivity index (χ1n) is 13.9. The van der Waals surface area contributed by atoms with Gasteiger partial charge < -0.3 is 14.4 Å². The van der Waals surface area contributed by atoms with Crippen LogP contribution >= 0.6 is 11.6 Å². The Balaban J connectivity index is 1.23. The van der Waals surface area contributed by atoms with Gasteiger partial charge in [0.25, 0.3) is 0 Å². The highest BCUT2D eigenvalue weighted by Gasteiger charge is 2.49. The Kier molecular flexibility index (Phi) is 5.66. The lowest BCUT2D eigenvalue weighted by Crippen LogP contribution is -2.44. The van der Waals surface area contributed by atoms with E-state index >= 15 is 4.39 Å². The minimum Gasteiger partial charge on any atom is -0.461 e. The van der Waals surface area contributed by atoms with Gasteiger partial charge in [0, 0.05) is 37.6 Å². The van der Waals surface area contributed by atoms with Gasteiger partial charge in [-0.1, -0.05) is 17.7 Å². The second-order valence-corrected chi connectivity index (χ2v) is 11.9. The molecule has 4 aliphatic heterocycles. The fraction of sp³-hybridized carbons (Fsp3) is 0.500. The van der Waals surface area contributed by atoms with Crippen LogP contribution in [0.15, 0.2) is 24.4 Å². The van der Waals surface area contributed by atoms with Crippen LogP contribution in [0.25, 0.3) is 33.2 Å². The Hall–Kier alpha value is -3.15. The number of fused-ring (bicyclic) bond motifs is 5. The number of aromatic amines is 1. The predicted molar refractivity (Wildman–Crippen MR) is 146 cm³/mol. The van der Waals surface area contributed by atoms with Gasteiger partial charge in [0.05, 0.1) is 33.7 Å². The number of anilines is 1. The summed E-state index contributed by atoms with van der Waals surface area (Å²) in [5.41, 5.74) is 0.766. The van der Waals surface area contributed by atoms with E-state index in [-0.39, 0.29) is 41.6 Å². The molecular formula is C28H28ClF2N7O2. The minimum atomic E-state index is -0.873. The molecule has 0 radical (unpaired) electrons. The van der Waals surface area contributed by atoms with Gasteiger partial charge in [-0.05, 0) is 44.4 Å². The molecular weight excluding hydrogens is 540 g/mol. The van der Waals surface area contributed by atoms with E-state index in [1.807, 2.05) is 6.07 Å². The average Bonchev–Trinajstić information content (AvgIpc) is 3.70. The molecule has 3 aromatic heterocycles. The van der Waals surface area contributed by atoms with Crippen molar-refractivity contribution in [1.82, 2.24) is 30.0 Å². The van der Waals surface area contributed by atoms with Gasteiger partial charge >= 0.3 is 6.01 Å². The number of morpholine rings is 1. The topological polar surface area (TPSA) is 92.3 Å². The van der Waals surface area contributed by atoms with E-state index < -0.39 is 12.0 Å². The first kappa shape index (κ1) is 24.6. The molecule has 1 N–H and O–H groups in total. The highest BCUT2D eigenvalue weighted by molar-refractivity contribution is 6.36. The van der Waals surface area contributed by atoms with E-state index in [4.69, 9.17) is 26.1 Å². The molecule has 1 aromatic carbocycles. The Morgan fingerprint density at radius 2 is 2.00 bits per heavy atom. The number of H-pyrrole nitrogens is 1. The van der Waals surface area contributed by atoms with E-state index in [0.717, 1.165) is 32.2 Å². The molecule has 12 heteroatoms. The summed E-state index contributed by atoms with van der Waals surface area (Å²) in [7, 11) is 0. The number of aromatic nitrogens is 5. The lowest BCUT2D eigenvalue weighted by atomic mass is 9.95. The maximum absolute atomic E-state index is 16.4. The molecule has 2 unspecified atom stereocenters. The molecule has 4 aromatic rings. The van der Waals surface area contributed by atoms with Gasteiger partial charge in [-0.3, -0.25) is 15.0 Å². The standard InChI is InChI=1S/C28H28ClF2N7O2/c29-19-3-1-4-20-21(19)24(36-35-20)25-22(31)23-18(10-32-25)26(37-12-16-5-6-17(13-37)40-16)34-27(33-23)39-14-28-7-2-8-38(28)11-15(30)9-28/h1,3-4,10,15-17H,2,5-9,11-14H2,(H,35,36)/t15-,16?,17?,28+/m1/s1. The van der Waals surface area contributed by atoms with Crippen molar-refractivity contribution in [1.29, 1.82) is 0 Å². The highest BCUT2D eigenvalue weighted by atomic mass is 35.5. The summed E-state index contributed by atoms with van der Waals surface area (Å²) in [5.74, 6) is -0.0560. The van der Waals surface area contributed by atoms with Crippen molar-refractivity contribution in [3.63, 3.8) is 0 Å². The van der Waals surface area contributed by atoms with Gasteiger partial charge in [0.15, 0.2) is 5.82 Å². The third-order valence-electron chi connectivity index (χ3n) is 8.98. The van der Waals surface area contributed by atoms with Crippen molar-refractivity contribution in [3.8, 4) is 17.4 Å². The van der Waals surface area contributed by atoms with Crippen LogP contribution in [0.5, 0.6) is 6.01 Å². The Morgan fingerprint density at radius 3 is 2.85 bits per heavy atom. The fourth-order valence-electron chi connectivity index (χ4n) is 7.13. The van der Waals surface area contributed by atoms with Gasteiger partial charge in [0.1, 0.15) is 35.5 Å². The molecule has 0 spiro atoms. The summed E-state index contributed by atoms with van der Waals surface area (Å²) in [6.07, 6.45) is 5.19. The van der Waals surface area contributed by atoms with E-state index in [2.05, 4.69) is 30.0 Å². The Labute approximate surface area is 233 Å². The molecule has 4 atom stereocenters. The number of nitrogens with zero attached hydrogens (tertiary/aromatic N) is 6. The third-order valence-corrected chi connectivity index (χ3v) is 9.30. The second kappa shape index (κ2) is 9.19. The van der Waals surface area contributed by atoms with E-state index in [1.165, 1.54) is 0 Å². The molecule has 0 amide bonds. The van der Waals surface area contributed by atoms with Crippen LogP contribution in [0.3, 0.4) is 0 Å². The van der Waals surface area contributed by atoms with Crippen molar-refractivity contribution in [2.24, 2.45) is 0 Å². The zero-order valence-corrected chi connectivity index (χ0v) is 22.5. The largest absolute Gasteiger partial charge is 0.461 e. The molecule has 40 heavy (non-hydrogen) atoms. The Bertz CT molecular complexity index is 1620. The average molecular weight is 568 g/mol. The monoisotopic (exact) mass is 567 g/mol. The molecule has 7 heterocycles. The number of alkyl halides is 1. The Morgan fingerprint density at radius 1 is 1.15 bits per heavy atom. The van der Waals surface area contributed by atoms with Gasteiger partial charge in [-0.15, -0.1) is 0 Å². The van der Waals surface area contributed by atoms with Crippen LogP contribution in [-0.2, 0) is 4.74 Å². The quantitative estimate of drug-likeness (QED) is 0.372. The fourth-order valence-corrected chi connectivity index (χ4v) is 7.39.